The average Bonchev–Trinajstić information content (AvgIpc) is 3.65. The number of ether oxygens (including phenoxy) is 3. The van der Waals surface area contributed by atoms with Crippen molar-refractivity contribution < 1.29 is 55.1 Å². The molecule has 0 radical (unpaired) electrons. The Balaban J connectivity index is 1.42. The molecule has 0 aromatic heterocycles. The lowest BCUT2D eigenvalue weighted by atomic mass is 9.79. The maximum atomic E-state index is 11.3. The fourth-order valence-corrected chi connectivity index (χ4v) is 5.97. The van der Waals surface area contributed by atoms with Crippen LogP contribution in [0.2, 0.25) is 0 Å². The van der Waals surface area contributed by atoms with Gasteiger partial charge in [-0.25, -0.2) is 0 Å². The molecule has 0 amide bonds. The fourth-order valence-electron chi connectivity index (χ4n) is 5.97. The summed E-state index contributed by atoms with van der Waals surface area (Å²) in [6.45, 7) is 0. The van der Waals surface area contributed by atoms with E-state index in [1.165, 1.54) is 36.4 Å². The van der Waals surface area contributed by atoms with Crippen molar-refractivity contribution in [1.82, 2.24) is 0 Å². The van der Waals surface area contributed by atoms with Gasteiger partial charge in [0.05, 0.1) is 12.0 Å². The largest absolute Gasteiger partial charge is 0.508 e. The minimum absolute atomic E-state index is 0.0221. The second kappa shape index (κ2) is 8.50. The van der Waals surface area contributed by atoms with Gasteiger partial charge in [-0.2, -0.15) is 0 Å². The van der Waals surface area contributed by atoms with Crippen LogP contribution in [-0.2, 0) is 16.9 Å². The van der Waals surface area contributed by atoms with Crippen LogP contribution in [0.15, 0.2) is 60.7 Å². The number of phenols is 7. The Morgan fingerprint density at radius 3 is 2.15 bits per heavy atom. The van der Waals surface area contributed by atoms with Gasteiger partial charge in [0.1, 0.15) is 52.5 Å². The van der Waals surface area contributed by atoms with Crippen molar-refractivity contribution in [3.05, 3.63) is 88.5 Å². The lowest BCUT2D eigenvalue weighted by Gasteiger charge is -2.36. The molecule has 11 nitrogen and oxygen atoms in total. The molecule has 0 bridgehead atoms. The summed E-state index contributed by atoms with van der Waals surface area (Å²) in [5.41, 5.74) is 1.38. The van der Waals surface area contributed by atoms with Gasteiger partial charge in [-0.15, -0.1) is 0 Å². The van der Waals surface area contributed by atoms with E-state index < -0.39 is 35.8 Å². The predicted octanol–water partition coefficient (Wildman–Crippen LogP) is 3.44. The first kappa shape index (κ1) is 25.0. The third-order valence-corrected chi connectivity index (χ3v) is 7.89. The molecule has 3 heterocycles. The SMILES string of the molecule is Oc1ccc([C@@]23Oc4cc(O)cc(O)c4[C@@H](c4c(O)cc(O)c5c4O[C@H](c4ccc(O)c(O)c4)[C@H](O)C5)[C@@H]2O3)cc1. The molecule has 4 aromatic carbocycles. The van der Waals surface area contributed by atoms with Gasteiger partial charge >= 0.3 is 0 Å². The lowest BCUT2D eigenvalue weighted by molar-refractivity contribution is 0.0185. The van der Waals surface area contributed by atoms with E-state index in [-0.39, 0.29) is 69.1 Å². The van der Waals surface area contributed by atoms with Crippen molar-refractivity contribution in [2.75, 3.05) is 0 Å². The van der Waals surface area contributed by atoms with E-state index in [2.05, 4.69) is 0 Å². The summed E-state index contributed by atoms with van der Waals surface area (Å²) >= 11 is 0. The van der Waals surface area contributed by atoms with E-state index in [4.69, 9.17) is 14.2 Å². The monoisotopic (exact) mass is 560 g/mol. The first-order chi connectivity index (χ1) is 19.6. The summed E-state index contributed by atoms with van der Waals surface area (Å²) in [6, 6.07) is 13.6. The van der Waals surface area contributed by atoms with E-state index in [0.29, 0.717) is 11.1 Å². The highest BCUT2D eigenvalue weighted by Gasteiger charge is 2.69. The van der Waals surface area contributed by atoms with Gasteiger partial charge in [0, 0.05) is 46.9 Å². The van der Waals surface area contributed by atoms with Crippen molar-refractivity contribution in [3.63, 3.8) is 0 Å². The van der Waals surface area contributed by atoms with E-state index in [1.54, 1.807) is 12.1 Å². The van der Waals surface area contributed by atoms with Gasteiger partial charge in [-0.3, -0.25) is 0 Å². The third kappa shape index (κ3) is 3.66. The van der Waals surface area contributed by atoms with Gasteiger partial charge in [-0.05, 0) is 42.0 Å². The van der Waals surface area contributed by atoms with Gasteiger partial charge in [0.15, 0.2) is 11.5 Å². The van der Waals surface area contributed by atoms with Crippen molar-refractivity contribution in [3.8, 4) is 51.7 Å². The minimum atomic E-state index is -1.40. The Kier molecular flexibility index (Phi) is 5.18. The van der Waals surface area contributed by atoms with Crippen LogP contribution in [0.5, 0.6) is 51.7 Å². The number of rotatable bonds is 3. The second-order valence-corrected chi connectivity index (χ2v) is 10.4. The molecule has 0 saturated carbocycles. The summed E-state index contributed by atoms with van der Waals surface area (Å²) in [5.74, 6) is -4.32. The van der Waals surface area contributed by atoms with Crippen LogP contribution in [0.1, 0.15) is 39.8 Å². The highest BCUT2D eigenvalue weighted by atomic mass is 16.8. The fraction of sp³-hybridized carbons (Fsp3) is 0.200. The molecular formula is C30H24O11. The normalized spacial score (nSPS) is 25.7. The topological polar surface area (TPSA) is 193 Å². The molecule has 8 N–H and O–H groups in total. The highest BCUT2D eigenvalue weighted by molar-refractivity contribution is 5.67. The molecule has 0 spiro atoms. The van der Waals surface area contributed by atoms with Crippen LogP contribution >= 0.6 is 0 Å². The van der Waals surface area contributed by atoms with E-state index in [1.807, 2.05) is 0 Å². The van der Waals surface area contributed by atoms with Crippen LogP contribution in [0.25, 0.3) is 0 Å². The Bertz CT molecular complexity index is 1720. The number of hydrogen-bond donors (Lipinski definition) is 8. The summed E-state index contributed by atoms with van der Waals surface area (Å²) in [4.78, 5) is 0. The van der Waals surface area contributed by atoms with Crippen LogP contribution in [-0.4, -0.2) is 53.1 Å². The molecule has 1 saturated heterocycles. The van der Waals surface area contributed by atoms with Crippen molar-refractivity contribution in [2.24, 2.45) is 0 Å². The molecule has 5 atom stereocenters. The van der Waals surface area contributed by atoms with Crippen LogP contribution in [0.4, 0.5) is 0 Å². The first-order valence-electron chi connectivity index (χ1n) is 12.7. The Morgan fingerprint density at radius 1 is 0.683 bits per heavy atom. The van der Waals surface area contributed by atoms with Crippen molar-refractivity contribution in [2.45, 2.75) is 36.4 Å². The Hall–Kier alpha value is -5.00. The predicted molar refractivity (Wildman–Crippen MR) is 140 cm³/mol. The molecular weight excluding hydrogens is 536 g/mol. The Morgan fingerprint density at radius 2 is 1.41 bits per heavy atom. The van der Waals surface area contributed by atoms with Crippen molar-refractivity contribution in [1.29, 1.82) is 0 Å². The molecule has 11 heteroatoms. The van der Waals surface area contributed by atoms with Gasteiger partial charge in [0.2, 0.25) is 0 Å². The number of fused-ring (bicyclic) bond motifs is 3. The maximum absolute atomic E-state index is 11.3. The van der Waals surface area contributed by atoms with Gasteiger partial charge < -0.3 is 55.1 Å². The molecule has 0 unspecified atom stereocenters. The van der Waals surface area contributed by atoms with Gasteiger partial charge in [0.25, 0.3) is 5.79 Å². The summed E-state index contributed by atoms with van der Waals surface area (Å²) < 4.78 is 18.6. The number of aromatic hydroxyl groups is 7. The zero-order valence-electron chi connectivity index (χ0n) is 21.1. The first-order valence-corrected chi connectivity index (χ1v) is 12.7. The standard InChI is InChI=1S/C30H24O11/c31-14-4-2-13(3-5-14)30-29(41-30)26(24-20(36)8-15(32)9-23(24)40-30)25-21(37)11-18(34)16-10-22(38)27(39-28(16)25)12-1-6-17(33)19(35)7-12/h1-9,11,22,26-27,29,31-38H,10H2/t22-,26+,27-,29+,30+/m1/s1. The molecule has 0 aliphatic carbocycles. The number of phenolic OH excluding ortho intramolecular Hbond substituents is 7. The second-order valence-electron chi connectivity index (χ2n) is 10.4. The smallest absolute Gasteiger partial charge is 0.265 e. The van der Waals surface area contributed by atoms with Crippen LogP contribution in [0, 0.1) is 0 Å². The van der Waals surface area contributed by atoms with Crippen LogP contribution in [0.3, 0.4) is 0 Å². The molecule has 4 aromatic rings. The molecule has 210 valence electrons. The maximum Gasteiger partial charge on any atom is 0.265 e. The Labute approximate surface area is 231 Å². The molecule has 3 aliphatic heterocycles. The van der Waals surface area contributed by atoms with Gasteiger partial charge in [-0.1, -0.05) is 6.07 Å². The quantitative estimate of drug-likeness (QED) is 0.135. The number of hydrogen-bond acceptors (Lipinski definition) is 11. The minimum Gasteiger partial charge on any atom is -0.508 e. The van der Waals surface area contributed by atoms with Crippen LogP contribution < -0.4 is 9.47 Å². The summed E-state index contributed by atoms with van der Waals surface area (Å²) in [5, 5.41) is 83.8. The number of benzene rings is 4. The number of aliphatic hydroxyl groups excluding tert-OH is 1. The van der Waals surface area contributed by atoms with Crippen molar-refractivity contribution >= 4 is 0 Å². The molecule has 1 fully saturated rings. The molecule has 3 aliphatic rings. The average molecular weight is 561 g/mol. The number of aliphatic hydroxyl groups is 1. The molecule has 41 heavy (non-hydrogen) atoms. The zero-order valence-corrected chi connectivity index (χ0v) is 21.1. The van der Waals surface area contributed by atoms with E-state index >= 15 is 0 Å². The summed E-state index contributed by atoms with van der Waals surface area (Å²) in [6.07, 6.45) is -3.16. The molecule has 7 rings (SSSR count). The highest BCUT2D eigenvalue weighted by Crippen LogP contribution is 2.65. The van der Waals surface area contributed by atoms with E-state index in [9.17, 15) is 40.9 Å². The van der Waals surface area contributed by atoms with E-state index in [0.717, 1.165) is 12.1 Å². The zero-order chi connectivity index (χ0) is 28.8. The number of epoxide rings is 1. The lowest BCUT2D eigenvalue weighted by Crippen LogP contribution is -2.33. The third-order valence-electron chi connectivity index (χ3n) is 7.89. The summed E-state index contributed by atoms with van der Waals surface area (Å²) in [7, 11) is 0.